The van der Waals surface area contributed by atoms with Gasteiger partial charge in [-0.05, 0) is 37.5 Å². The lowest BCUT2D eigenvalue weighted by Gasteiger charge is -2.40. The molecule has 1 atom stereocenters. The number of hydrogen-bond acceptors (Lipinski definition) is 6. The number of aromatic nitrogens is 4. The van der Waals surface area contributed by atoms with E-state index in [0.29, 0.717) is 36.4 Å². The third kappa shape index (κ3) is 4.11. The summed E-state index contributed by atoms with van der Waals surface area (Å²) in [6.45, 7) is 13.2. The topological polar surface area (TPSA) is 84.2 Å². The van der Waals surface area contributed by atoms with Gasteiger partial charge in [-0.15, -0.1) is 0 Å². The maximum absolute atomic E-state index is 13.5. The molecule has 8 nitrogen and oxygen atoms in total. The van der Waals surface area contributed by atoms with Crippen molar-refractivity contribution in [1.82, 2.24) is 24.4 Å². The van der Waals surface area contributed by atoms with Crippen molar-refractivity contribution in [1.29, 1.82) is 0 Å². The molecule has 9 heteroatoms. The minimum Gasteiger partial charge on any atom is -0.350 e. The zero-order chi connectivity index (χ0) is 23.9. The van der Waals surface area contributed by atoms with Crippen LogP contribution in [0.5, 0.6) is 0 Å². The quantitative estimate of drug-likeness (QED) is 0.432. The molecule has 0 radical (unpaired) electrons. The van der Waals surface area contributed by atoms with Gasteiger partial charge < -0.3 is 9.80 Å². The number of piperazine rings is 1. The highest BCUT2D eigenvalue weighted by atomic mass is 35.5. The van der Waals surface area contributed by atoms with E-state index in [-0.39, 0.29) is 23.0 Å². The van der Waals surface area contributed by atoms with Crippen molar-refractivity contribution in [3.63, 3.8) is 0 Å². The summed E-state index contributed by atoms with van der Waals surface area (Å²) < 4.78 is 1.59. The van der Waals surface area contributed by atoms with Gasteiger partial charge in [-0.1, -0.05) is 32.0 Å². The molecule has 0 unspecified atom stereocenters. The summed E-state index contributed by atoms with van der Waals surface area (Å²) in [6, 6.07) is 3.53. The Morgan fingerprint density at radius 2 is 2.06 bits per heavy atom. The molecular weight excluding hydrogens is 440 g/mol. The average Bonchev–Trinajstić information content (AvgIpc) is 2.78. The van der Waals surface area contributed by atoms with Gasteiger partial charge in [-0.3, -0.25) is 14.3 Å². The van der Waals surface area contributed by atoms with E-state index < -0.39 is 5.69 Å². The molecule has 0 N–H and O–H groups in total. The molecule has 1 aliphatic rings. The van der Waals surface area contributed by atoms with Crippen LogP contribution < -0.4 is 10.6 Å². The molecule has 1 amide bonds. The molecule has 4 heterocycles. The van der Waals surface area contributed by atoms with Gasteiger partial charge in [0.1, 0.15) is 11.0 Å². The molecule has 0 spiro atoms. The van der Waals surface area contributed by atoms with Crippen LogP contribution in [0.3, 0.4) is 0 Å². The van der Waals surface area contributed by atoms with Crippen molar-refractivity contribution in [2.24, 2.45) is 0 Å². The van der Waals surface area contributed by atoms with Crippen molar-refractivity contribution in [3.05, 3.63) is 64.1 Å². The SMILES string of the molecule is C=CC(=O)N1CCN(c2nc(=O)n(-c3c(C)ccnc3C(C)C)c3cc(Cl)ncc23)[C@@H](C)C1. The Balaban J connectivity index is 1.92. The maximum Gasteiger partial charge on any atom is 0.354 e. The van der Waals surface area contributed by atoms with E-state index in [0.717, 1.165) is 16.9 Å². The number of aryl methyl sites for hydroxylation is 1. The summed E-state index contributed by atoms with van der Waals surface area (Å²) in [5, 5.41) is 1.00. The Bertz CT molecular complexity index is 1300. The highest BCUT2D eigenvalue weighted by molar-refractivity contribution is 6.30. The van der Waals surface area contributed by atoms with Crippen molar-refractivity contribution < 1.29 is 4.79 Å². The first-order chi connectivity index (χ1) is 15.7. The molecule has 1 aliphatic heterocycles. The zero-order valence-corrected chi connectivity index (χ0v) is 20.0. The summed E-state index contributed by atoms with van der Waals surface area (Å²) in [5.74, 6) is 0.548. The first kappa shape index (κ1) is 22.9. The Hall–Kier alpha value is -3.26. The fraction of sp³-hybridized carbons (Fsp3) is 0.375. The van der Waals surface area contributed by atoms with Gasteiger partial charge in [-0.25, -0.2) is 9.78 Å². The van der Waals surface area contributed by atoms with Gasteiger partial charge in [0.05, 0.1) is 22.3 Å². The van der Waals surface area contributed by atoms with Gasteiger partial charge in [0, 0.05) is 44.1 Å². The normalized spacial score (nSPS) is 16.5. The van der Waals surface area contributed by atoms with E-state index in [1.165, 1.54) is 6.08 Å². The number of halogens is 1. The van der Waals surface area contributed by atoms with Gasteiger partial charge >= 0.3 is 5.69 Å². The van der Waals surface area contributed by atoms with Gasteiger partial charge in [0.25, 0.3) is 0 Å². The van der Waals surface area contributed by atoms with Crippen LogP contribution >= 0.6 is 11.6 Å². The minimum absolute atomic E-state index is 0.0457. The number of anilines is 1. The molecule has 33 heavy (non-hydrogen) atoms. The Morgan fingerprint density at radius 3 is 2.73 bits per heavy atom. The second kappa shape index (κ2) is 8.94. The fourth-order valence-electron chi connectivity index (χ4n) is 4.40. The lowest BCUT2D eigenvalue weighted by Crippen LogP contribution is -2.54. The molecule has 1 saturated heterocycles. The van der Waals surface area contributed by atoms with E-state index in [2.05, 4.69) is 26.4 Å². The first-order valence-electron chi connectivity index (χ1n) is 10.9. The van der Waals surface area contributed by atoms with Gasteiger partial charge in [0.2, 0.25) is 5.91 Å². The summed E-state index contributed by atoms with van der Waals surface area (Å²) in [5.41, 5.74) is 2.67. The molecular formula is C24H27ClN6O2. The lowest BCUT2D eigenvalue weighted by molar-refractivity contribution is -0.126. The molecule has 0 aromatic carbocycles. The monoisotopic (exact) mass is 466 g/mol. The van der Waals surface area contributed by atoms with Crippen LogP contribution in [0.1, 0.15) is 37.9 Å². The highest BCUT2D eigenvalue weighted by Gasteiger charge is 2.29. The van der Waals surface area contributed by atoms with Crippen LogP contribution in [0.2, 0.25) is 5.15 Å². The summed E-state index contributed by atoms with van der Waals surface area (Å²) in [4.78, 5) is 42.7. The minimum atomic E-state index is -0.408. The third-order valence-corrected chi connectivity index (χ3v) is 6.24. The van der Waals surface area contributed by atoms with Crippen LogP contribution in [0.15, 0.2) is 42.0 Å². The molecule has 172 valence electrons. The second-order valence-corrected chi connectivity index (χ2v) is 9.01. The van der Waals surface area contributed by atoms with E-state index in [1.807, 2.05) is 33.8 Å². The second-order valence-electron chi connectivity index (χ2n) is 8.62. The largest absolute Gasteiger partial charge is 0.354 e. The van der Waals surface area contributed by atoms with Gasteiger partial charge in [0.15, 0.2) is 0 Å². The number of carbonyl (C=O) groups excluding carboxylic acids is 1. The predicted octanol–water partition coefficient (Wildman–Crippen LogP) is 3.48. The van der Waals surface area contributed by atoms with E-state index in [9.17, 15) is 9.59 Å². The predicted molar refractivity (Wildman–Crippen MR) is 130 cm³/mol. The molecule has 0 saturated carbocycles. The summed E-state index contributed by atoms with van der Waals surface area (Å²) >= 11 is 6.28. The van der Waals surface area contributed by atoms with Crippen molar-refractivity contribution >= 4 is 34.2 Å². The van der Waals surface area contributed by atoms with E-state index in [4.69, 9.17) is 11.6 Å². The van der Waals surface area contributed by atoms with Crippen LogP contribution in [-0.2, 0) is 4.79 Å². The van der Waals surface area contributed by atoms with Crippen LogP contribution in [0.25, 0.3) is 16.6 Å². The maximum atomic E-state index is 13.5. The molecule has 4 rings (SSSR count). The number of hydrogen-bond donors (Lipinski definition) is 0. The van der Waals surface area contributed by atoms with E-state index >= 15 is 0 Å². The lowest BCUT2D eigenvalue weighted by atomic mass is 10.0. The Labute approximate surface area is 197 Å². The van der Waals surface area contributed by atoms with Crippen molar-refractivity contribution in [3.8, 4) is 5.69 Å². The fourth-order valence-corrected chi connectivity index (χ4v) is 4.55. The Kier molecular flexibility index (Phi) is 6.21. The highest BCUT2D eigenvalue weighted by Crippen LogP contribution is 2.31. The molecule has 3 aromatic rings. The van der Waals surface area contributed by atoms with Crippen LogP contribution in [0, 0.1) is 6.92 Å². The van der Waals surface area contributed by atoms with Gasteiger partial charge in [-0.2, -0.15) is 4.98 Å². The first-order valence-corrected chi connectivity index (χ1v) is 11.3. The molecule has 3 aromatic heterocycles. The van der Waals surface area contributed by atoms with E-state index in [1.54, 1.807) is 27.9 Å². The number of nitrogens with zero attached hydrogens (tertiary/aromatic N) is 6. The standard InChI is InChI=1S/C24H27ClN6O2/c1-6-20(32)29-9-10-30(16(5)13-29)23-17-12-27-19(25)11-18(17)31(24(33)28-23)22-15(4)7-8-26-21(22)14(2)3/h6-8,11-12,14,16H,1,9-10,13H2,2-5H3/t16-/m0/s1. The summed E-state index contributed by atoms with van der Waals surface area (Å²) in [7, 11) is 0. The number of carbonyl (C=O) groups is 1. The molecule has 0 bridgehead atoms. The number of pyridine rings is 2. The van der Waals surface area contributed by atoms with Crippen LogP contribution in [0.4, 0.5) is 5.82 Å². The van der Waals surface area contributed by atoms with Crippen LogP contribution in [-0.4, -0.2) is 56.0 Å². The zero-order valence-electron chi connectivity index (χ0n) is 19.2. The molecule has 1 fully saturated rings. The average molecular weight is 467 g/mol. The number of fused-ring (bicyclic) bond motifs is 1. The van der Waals surface area contributed by atoms with Crippen molar-refractivity contribution in [2.45, 2.75) is 39.7 Å². The van der Waals surface area contributed by atoms with Crippen molar-refractivity contribution in [2.75, 3.05) is 24.5 Å². The number of rotatable bonds is 4. The smallest absolute Gasteiger partial charge is 0.350 e. The molecule has 0 aliphatic carbocycles. The Morgan fingerprint density at radius 1 is 1.30 bits per heavy atom. The number of amides is 1. The third-order valence-electron chi connectivity index (χ3n) is 6.03. The summed E-state index contributed by atoms with van der Waals surface area (Å²) in [6.07, 6.45) is 4.74.